The van der Waals surface area contributed by atoms with Crippen LogP contribution in [0.4, 0.5) is 11.4 Å². The normalized spacial score (nSPS) is 10.7. The standard InChI is InChI=1S/C21H22N4O3/c1-14-4-8-19(25(27)28)13-20(14)22-21(26)11-7-17-5-9-18(10-6-17)24-16(3)12-15(2)23-24/h4-6,8-10,12-13H,7,11H2,1-3H3,(H,22,26). The first-order valence-corrected chi connectivity index (χ1v) is 9.01. The summed E-state index contributed by atoms with van der Waals surface area (Å²) in [6.07, 6.45) is 0.874. The van der Waals surface area contributed by atoms with Crippen LogP contribution in [-0.2, 0) is 11.2 Å². The lowest BCUT2D eigenvalue weighted by molar-refractivity contribution is -0.384. The Balaban J connectivity index is 1.61. The molecule has 0 aliphatic carbocycles. The molecule has 28 heavy (non-hydrogen) atoms. The van der Waals surface area contributed by atoms with Gasteiger partial charge in [-0.3, -0.25) is 14.9 Å². The smallest absolute Gasteiger partial charge is 0.271 e. The number of nitro benzene ring substituents is 1. The van der Waals surface area contributed by atoms with E-state index in [0.717, 1.165) is 28.2 Å². The number of nitrogens with one attached hydrogen (secondary N) is 1. The van der Waals surface area contributed by atoms with Crippen molar-refractivity contribution in [3.8, 4) is 5.69 Å². The summed E-state index contributed by atoms with van der Waals surface area (Å²) in [5.41, 5.74) is 5.27. The molecule has 1 N–H and O–H groups in total. The van der Waals surface area contributed by atoms with Crippen LogP contribution in [0, 0.1) is 30.9 Å². The van der Waals surface area contributed by atoms with E-state index in [9.17, 15) is 14.9 Å². The Bertz CT molecular complexity index is 1020. The maximum absolute atomic E-state index is 12.3. The number of nitrogens with zero attached hydrogens (tertiary/aromatic N) is 3. The molecule has 0 fully saturated rings. The number of anilines is 1. The number of hydrogen-bond acceptors (Lipinski definition) is 4. The highest BCUT2D eigenvalue weighted by atomic mass is 16.6. The minimum atomic E-state index is -0.473. The third kappa shape index (κ3) is 4.43. The highest BCUT2D eigenvalue weighted by Crippen LogP contribution is 2.22. The summed E-state index contributed by atoms with van der Waals surface area (Å²) in [6.45, 7) is 5.77. The lowest BCUT2D eigenvalue weighted by atomic mass is 10.1. The number of aromatic nitrogens is 2. The van der Waals surface area contributed by atoms with Gasteiger partial charge in [-0.05, 0) is 56.5 Å². The van der Waals surface area contributed by atoms with Gasteiger partial charge < -0.3 is 5.32 Å². The molecule has 144 valence electrons. The molecular formula is C21H22N4O3. The lowest BCUT2D eigenvalue weighted by Crippen LogP contribution is -2.13. The molecule has 3 aromatic rings. The number of hydrogen-bond donors (Lipinski definition) is 1. The van der Waals surface area contributed by atoms with Gasteiger partial charge in [0.05, 0.1) is 22.0 Å². The third-order valence-electron chi connectivity index (χ3n) is 4.54. The minimum Gasteiger partial charge on any atom is -0.326 e. The summed E-state index contributed by atoms with van der Waals surface area (Å²) in [7, 11) is 0. The van der Waals surface area contributed by atoms with E-state index in [2.05, 4.69) is 10.4 Å². The van der Waals surface area contributed by atoms with E-state index in [1.54, 1.807) is 13.0 Å². The van der Waals surface area contributed by atoms with Gasteiger partial charge in [0.1, 0.15) is 0 Å². The first-order valence-electron chi connectivity index (χ1n) is 9.01. The summed E-state index contributed by atoms with van der Waals surface area (Å²) in [5.74, 6) is -0.175. The van der Waals surface area contributed by atoms with Crippen molar-refractivity contribution in [1.82, 2.24) is 9.78 Å². The van der Waals surface area contributed by atoms with Crippen molar-refractivity contribution in [3.05, 3.63) is 81.2 Å². The average molecular weight is 378 g/mol. The fourth-order valence-corrected chi connectivity index (χ4v) is 3.02. The minimum absolute atomic E-state index is 0.0411. The molecule has 0 bridgehead atoms. The van der Waals surface area contributed by atoms with Crippen LogP contribution in [0.25, 0.3) is 5.69 Å². The molecule has 7 heteroatoms. The molecule has 0 saturated carbocycles. The summed E-state index contributed by atoms with van der Waals surface area (Å²) >= 11 is 0. The SMILES string of the molecule is Cc1cc(C)n(-c2ccc(CCC(=O)Nc3cc([N+](=O)[O-])ccc3C)cc2)n1. The van der Waals surface area contributed by atoms with Gasteiger partial charge in [0, 0.05) is 24.2 Å². The van der Waals surface area contributed by atoms with Gasteiger partial charge in [-0.1, -0.05) is 18.2 Å². The summed E-state index contributed by atoms with van der Waals surface area (Å²) in [6, 6.07) is 14.4. The zero-order valence-electron chi connectivity index (χ0n) is 16.1. The Morgan fingerprint density at radius 2 is 1.82 bits per heavy atom. The number of amides is 1. The predicted octanol–water partition coefficient (Wildman–Crippen LogP) is 4.28. The van der Waals surface area contributed by atoms with E-state index in [-0.39, 0.29) is 11.6 Å². The van der Waals surface area contributed by atoms with Crippen LogP contribution < -0.4 is 5.32 Å². The molecule has 1 amide bonds. The second-order valence-electron chi connectivity index (χ2n) is 6.81. The number of nitro groups is 1. The fourth-order valence-electron chi connectivity index (χ4n) is 3.02. The highest BCUT2D eigenvalue weighted by Gasteiger charge is 2.11. The van der Waals surface area contributed by atoms with Crippen LogP contribution >= 0.6 is 0 Å². The molecule has 0 unspecified atom stereocenters. The summed E-state index contributed by atoms with van der Waals surface area (Å²) in [5, 5.41) is 18.1. The molecule has 2 aromatic carbocycles. The van der Waals surface area contributed by atoms with E-state index in [1.165, 1.54) is 12.1 Å². The monoisotopic (exact) mass is 378 g/mol. The average Bonchev–Trinajstić information content (AvgIpc) is 3.00. The van der Waals surface area contributed by atoms with Crippen molar-refractivity contribution in [2.24, 2.45) is 0 Å². The first kappa shape index (κ1) is 19.3. The molecule has 1 aromatic heterocycles. The number of benzene rings is 2. The summed E-state index contributed by atoms with van der Waals surface area (Å²) < 4.78 is 1.89. The number of non-ortho nitro benzene ring substituents is 1. The van der Waals surface area contributed by atoms with E-state index < -0.39 is 4.92 Å². The van der Waals surface area contributed by atoms with E-state index in [4.69, 9.17) is 0 Å². The Morgan fingerprint density at radius 3 is 2.43 bits per heavy atom. The van der Waals surface area contributed by atoms with Crippen LogP contribution in [0.15, 0.2) is 48.5 Å². The molecular weight excluding hydrogens is 356 g/mol. The van der Waals surface area contributed by atoms with E-state index in [1.807, 2.05) is 48.9 Å². The van der Waals surface area contributed by atoms with Gasteiger partial charge in [-0.2, -0.15) is 5.10 Å². The largest absolute Gasteiger partial charge is 0.326 e. The molecule has 0 atom stereocenters. The molecule has 0 spiro atoms. The van der Waals surface area contributed by atoms with Crippen molar-refractivity contribution in [3.63, 3.8) is 0 Å². The molecule has 1 heterocycles. The molecule has 0 radical (unpaired) electrons. The predicted molar refractivity (Wildman–Crippen MR) is 108 cm³/mol. The van der Waals surface area contributed by atoms with Gasteiger partial charge in [0.15, 0.2) is 0 Å². The van der Waals surface area contributed by atoms with Crippen LogP contribution in [0.5, 0.6) is 0 Å². The maximum Gasteiger partial charge on any atom is 0.271 e. The Labute approximate surface area is 163 Å². The number of carbonyl (C=O) groups is 1. The van der Waals surface area contributed by atoms with E-state index >= 15 is 0 Å². The zero-order chi connectivity index (χ0) is 20.3. The van der Waals surface area contributed by atoms with Gasteiger partial charge in [-0.15, -0.1) is 0 Å². The van der Waals surface area contributed by atoms with Crippen LogP contribution in [0.1, 0.15) is 28.9 Å². The Kier molecular flexibility index (Phi) is 5.54. The maximum atomic E-state index is 12.3. The number of carbonyl (C=O) groups excluding carboxylic acids is 1. The molecule has 0 aliphatic rings. The third-order valence-corrected chi connectivity index (χ3v) is 4.54. The second kappa shape index (κ2) is 8.04. The Morgan fingerprint density at radius 1 is 1.11 bits per heavy atom. The number of aryl methyl sites for hydroxylation is 4. The molecule has 3 rings (SSSR count). The second-order valence-corrected chi connectivity index (χ2v) is 6.81. The summed E-state index contributed by atoms with van der Waals surface area (Å²) in [4.78, 5) is 22.7. The molecule has 7 nitrogen and oxygen atoms in total. The fraction of sp³-hybridized carbons (Fsp3) is 0.238. The van der Waals surface area contributed by atoms with Crippen LogP contribution in [0.3, 0.4) is 0 Å². The van der Waals surface area contributed by atoms with Gasteiger partial charge >= 0.3 is 0 Å². The van der Waals surface area contributed by atoms with Crippen molar-refractivity contribution in [2.75, 3.05) is 5.32 Å². The van der Waals surface area contributed by atoms with Crippen LogP contribution in [-0.4, -0.2) is 20.6 Å². The highest BCUT2D eigenvalue weighted by molar-refractivity contribution is 5.92. The van der Waals surface area contributed by atoms with Crippen LogP contribution in [0.2, 0.25) is 0 Å². The zero-order valence-corrected chi connectivity index (χ0v) is 16.1. The van der Waals surface area contributed by atoms with Crippen molar-refractivity contribution < 1.29 is 9.72 Å². The topological polar surface area (TPSA) is 90.1 Å². The molecule has 0 aliphatic heterocycles. The quantitative estimate of drug-likeness (QED) is 0.512. The number of rotatable bonds is 6. The van der Waals surface area contributed by atoms with Gasteiger partial charge in [0.25, 0.3) is 5.69 Å². The van der Waals surface area contributed by atoms with Gasteiger partial charge in [0.2, 0.25) is 5.91 Å². The van der Waals surface area contributed by atoms with E-state index in [0.29, 0.717) is 18.5 Å². The van der Waals surface area contributed by atoms with Crippen molar-refractivity contribution in [2.45, 2.75) is 33.6 Å². The van der Waals surface area contributed by atoms with Gasteiger partial charge in [-0.25, -0.2) is 4.68 Å². The van der Waals surface area contributed by atoms with Crippen molar-refractivity contribution in [1.29, 1.82) is 0 Å². The van der Waals surface area contributed by atoms with Crippen molar-refractivity contribution >= 4 is 17.3 Å². The first-order chi connectivity index (χ1) is 13.3. The molecule has 0 saturated heterocycles. The Hall–Kier alpha value is -3.48. The lowest BCUT2D eigenvalue weighted by Gasteiger charge is -2.09.